The van der Waals surface area contributed by atoms with Crippen LogP contribution in [0.15, 0.2) is 53.3 Å². The zero-order chi connectivity index (χ0) is 19.4. The van der Waals surface area contributed by atoms with Crippen LogP contribution in [0.25, 0.3) is 11.0 Å². The Morgan fingerprint density at radius 2 is 1.78 bits per heavy atom. The molecular formula is C21H24N4O2. The summed E-state index contributed by atoms with van der Waals surface area (Å²) in [5, 5.41) is 2.74. The zero-order valence-corrected chi connectivity index (χ0v) is 15.9. The number of hydrogen-bond acceptors (Lipinski definition) is 4. The van der Waals surface area contributed by atoms with E-state index in [1.807, 2.05) is 43.3 Å². The van der Waals surface area contributed by atoms with Crippen molar-refractivity contribution in [3.63, 3.8) is 0 Å². The Morgan fingerprint density at radius 3 is 2.41 bits per heavy atom. The van der Waals surface area contributed by atoms with Crippen molar-refractivity contribution < 1.29 is 4.79 Å². The minimum Gasteiger partial charge on any atom is -0.372 e. The maximum atomic E-state index is 12.9. The van der Waals surface area contributed by atoms with Crippen molar-refractivity contribution in [2.45, 2.75) is 27.3 Å². The van der Waals surface area contributed by atoms with Crippen LogP contribution in [0.2, 0.25) is 0 Å². The summed E-state index contributed by atoms with van der Waals surface area (Å²) < 4.78 is 1.61. The Morgan fingerprint density at radius 1 is 1.07 bits per heavy atom. The maximum Gasteiger partial charge on any atom is 0.282 e. The molecule has 0 unspecified atom stereocenters. The van der Waals surface area contributed by atoms with Crippen LogP contribution in [0, 0.1) is 0 Å². The lowest BCUT2D eigenvalue weighted by Gasteiger charge is -2.22. The van der Waals surface area contributed by atoms with Gasteiger partial charge in [0.05, 0.1) is 11.0 Å². The van der Waals surface area contributed by atoms with Gasteiger partial charge in [-0.15, -0.1) is 0 Å². The van der Waals surface area contributed by atoms with Gasteiger partial charge in [-0.3, -0.25) is 9.59 Å². The summed E-state index contributed by atoms with van der Waals surface area (Å²) in [4.78, 5) is 32.1. The molecular weight excluding hydrogens is 340 g/mol. The van der Waals surface area contributed by atoms with E-state index in [-0.39, 0.29) is 11.3 Å². The lowest BCUT2D eigenvalue weighted by molar-refractivity contribution is 0.102. The van der Waals surface area contributed by atoms with Crippen molar-refractivity contribution in [2.24, 2.45) is 0 Å². The third-order valence-corrected chi connectivity index (χ3v) is 4.62. The van der Waals surface area contributed by atoms with Gasteiger partial charge in [-0.2, -0.15) is 0 Å². The van der Waals surface area contributed by atoms with Gasteiger partial charge < -0.3 is 14.8 Å². The van der Waals surface area contributed by atoms with Crippen LogP contribution in [-0.4, -0.2) is 28.5 Å². The molecule has 0 saturated carbocycles. The summed E-state index contributed by atoms with van der Waals surface area (Å²) in [6.45, 7) is 8.30. The number of rotatable bonds is 6. The second-order valence-electron chi connectivity index (χ2n) is 6.18. The number of fused-ring (bicyclic) bond motifs is 1. The number of hydrogen-bond donors (Lipinski definition) is 1. The average molecular weight is 364 g/mol. The fourth-order valence-electron chi connectivity index (χ4n) is 3.19. The van der Waals surface area contributed by atoms with E-state index in [0.29, 0.717) is 17.7 Å². The van der Waals surface area contributed by atoms with Crippen molar-refractivity contribution in [1.82, 2.24) is 9.55 Å². The van der Waals surface area contributed by atoms with Crippen LogP contribution in [-0.2, 0) is 6.54 Å². The van der Waals surface area contributed by atoms with Crippen molar-refractivity contribution in [3.8, 4) is 0 Å². The fraction of sp³-hybridized carbons (Fsp3) is 0.286. The smallest absolute Gasteiger partial charge is 0.282 e. The van der Waals surface area contributed by atoms with Crippen molar-refractivity contribution >= 4 is 28.3 Å². The Hall–Kier alpha value is -3.15. The lowest BCUT2D eigenvalue weighted by Crippen LogP contribution is -2.31. The summed E-state index contributed by atoms with van der Waals surface area (Å²) in [5.41, 5.74) is 2.56. The van der Waals surface area contributed by atoms with Gasteiger partial charge in [0.25, 0.3) is 11.5 Å². The Bertz CT molecular complexity index is 1010. The van der Waals surface area contributed by atoms with E-state index < -0.39 is 5.91 Å². The van der Waals surface area contributed by atoms with Crippen LogP contribution in [0.5, 0.6) is 0 Å². The normalized spacial score (nSPS) is 10.8. The van der Waals surface area contributed by atoms with E-state index >= 15 is 0 Å². The number of nitrogens with zero attached hydrogens (tertiary/aromatic N) is 3. The number of aryl methyl sites for hydroxylation is 1. The largest absolute Gasteiger partial charge is 0.372 e. The van der Waals surface area contributed by atoms with E-state index in [1.54, 1.807) is 16.7 Å². The molecule has 0 aliphatic heterocycles. The van der Waals surface area contributed by atoms with E-state index in [1.165, 1.54) is 0 Å². The Labute approximate surface area is 158 Å². The molecule has 0 bridgehead atoms. The van der Waals surface area contributed by atoms with Gasteiger partial charge in [-0.25, -0.2) is 4.98 Å². The van der Waals surface area contributed by atoms with Gasteiger partial charge in [0, 0.05) is 31.0 Å². The maximum absolute atomic E-state index is 12.9. The molecule has 3 aromatic rings. The summed E-state index contributed by atoms with van der Waals surface area (Å²) >= 11 is 0. The molecule has 2 aromatic carbocycles. The standard InChI is InChI=1S/C21H24N4O2/c1-4-24(5-2)16-12-13-17-18(14-16)25(6-3)21(27)19(23-17)20(26)22-15-10-8-7-9-11-15/h7-14H,4-6H2,1-3H3,(H,22,26). The Kier molecular flexibility index (Phi) is 5.54. The van der Waals surface area contributed by atoms with Crippen LogP contribution in [0.3, 0.4) is 0 Å². The molecule has 0 radical (unpaired) electrons. The molecule has 1 heterocycles. The van der Waals surface area contributed by atoms with E-state index in [4.69, 9.17) is 0 Å². The molecule has 6 heteroatoms. The molecule has 1 amide bonds. The minimum absolute atomic E-state index is 0.0937. The van der Waals surface area contributed by atoms with Crippen molar-refractivity contribution in [3.05, 3.63) is 64.6 Å². The number of carbonyl (C=O) groups excluding carboxylic acids is 1. The minimum atomic E-state index is -0.497. The molecule has 6 nitrogen and oxygen atoms in total. The summed E-state index contributed by atoms with van der Waals surface area (Å²) in [6.07, 6.45) is 0. The van der Waals surface area contributed by atoms with Crippen LogP contribution < -0.4 is 15.8 Å². The highest BCUT2D eigenvalue weighted by Crippen LogP contribution is 2.21. The monoisotopic (exact) mass is 364 g/mol. The van der Waals surface area contributed by atoms with Gasteiger partial charge in [0.1, 0.15) is 0 Å². The number of aromatic nitrogens is 2. The summed E-state index contributed by atoms with van der Waals surface area (Å²) in [6, 6.07) is 14.9. The number of anilines is 2. The van der Waals surface area contributed by atoms with Crippen molar-refractivity contribution in [1.29, 1.82) is 0 Å². The van der Waals surface area contributed by atoms with E-state index in [9.17, 15) is 9.59 Å². The third-order valence-electron chi connectivity index (χ3n) is 4.62. The molecule has 3 rings (SSSR count). The molecule has 0 aliphatic carbocycles. The predicted molar refractivity (Wildman–Crippen MR) is 110 cm³/mol. The first-order valence-electron chi connectivity index (χ1n) is 9.25. The molecule has 27 heavy (non-hydrogen) atoms. The second kappa shape index (κ2) is 8.03. The SMILES string of the molecule is CCN(CC)c1ccc2nc(C(=O)Nc3ccccc3)c(=O)n(CC)c2c1. The molecule has 1 aromatic heterocycles. The fourth-order valence-corrected chi connectivity index (χ4v) is 3.19. The topological polar surface area (TPSA) is 67.2 Å². The van der Waals surface area contributed by atoms with Gasteiger partial charge in [0.15, 0.2) is 5.69 Å². The number of para-hydroxylation sites is 1. The van der Waals surface area contributed by atoms with E-state index in [2.05, 4.69) is 29.0 Å². The Balaban J connectivity index is 2.08. The zero-order valence-electron chi connectivity index (χ0n) is 15.9. The highest BCUT2D eigenvalue weighted by molar-refractivity contribution is 6.03. The average Bonchev–Trinajstić information content (AvgIpc) is 2.69. The number of carbonyl (C=O) groups is 1. The first-order valence-corrected chi connectivity index (χ1v) is 9.25. The van der Waals surface area contributed by atoms with Crippen molar-refractivity contribution in [2.75, 3.05) is 23.3 Å². The van der Waals surface area contributed by atoms with Gasteiger partial charge >= 0.3 is 0 Å². The highest BCUT2D eigenvalue weighted by atomic mass is 16.2. The molecule has 0 spiro atoms. The van der Waals surface area contributed by atoms with Crippen LogP contribution in [0.4, 0.5) is 11.4 Å². The first-order chi connectivity index (χ1) is 13.1. The lowest BCUT2D eigenvalue weighted by atomic mass is 10.2. The van der Waals surface area contributed by atoms with Crippen LogP contribution >= 0.6 is 0 Å². The van der Waals surface area contributed by atoms with Crippen LogP contribution in [0.1, 0.15) is 31.3 Å². The predicted octanol–water partition coefficient (Wildman–Crippen LogP) is 3.51. The van der Waals surface area contributed by atoms with Gasteiger partial charge in [-0.05, 0) is 51.1 Å². The molecule has 0 fully saturated rings. The summed E-state index contributed by atoms with van der Waals surface area (Å²) in [7, 11) is 0. The molecule has 1 N–H and O–H groups in total. The first kappa shape index (κ1) is 18.6. The number of benzene rings is 2. The molecule has 0 saturated heterocycles. The summed E-state index contributed by atoms with van der Waals surface area (Å²) in [5.74, 6) is -0.497. The van der Waals surface area contributed by atoms with E-state index in [0.717, 1.165) is 24.3 Å². The highest BCUT2D eigenvalue weighted by Gasteiger charge is 2.18. The molecule has 0 aliphatic rings. The second-order valence-corrected chi connectivity index (χ2v) is 6.18. The van der Waals surface area contributed by atoms with Gasteiger partial charge in [-0.1, -0.05) is 18.2 Å². The molecule has 140 valence electrons. The van der Waals surface area contributed by atoms with Gasteiger partial charge in [0.2, 0.25) is 0 Å². The molecule has 0 atom stereocenters. The quantitative estimate of drug-likeness (QED) is 0.727. The number of nitrogens with one attached hydrogen (secondary N) is 1. The third kappa shape index (κ3) is 3.69. The number of amides is 1.